The quantitative estimate of drug-likeness (QED) is 0.509. The fraction of sp³-hybridized carbons (Fsp3) is 0. The van der Waals surface area contributed by atoms with Crippen LogP contribution in [0.2, 0.25) is 0 Å². The second-order valence-electron chi connectivity index (χ2n) is 1.92. The highest BCUT2D eigenvalue weighted by Gasteiger charge is 2.14. The van der Waals surface area contributed by atoms with Crippen molar-refractivity contribution in [3.05, 3.63) is 22.1 Å². The second kappa shape index (κ2) is 2.86. The molecule has 0 fully saturated rings. The number of thiol groups is 1. The Hall–Kier alpha value is -1.50. The molecule has 0 spiro atoms. The van der Waals surface area contributed by atoms with Gasteiger partial charge in [0.15, 0.2) is 5.75 Å². The SMILES string of the molecule is O=C(O)c1nn(S)cc(O)c1=O. The zero-order chi connectivity index (χ0) is 9.30. The molecule has 64 valence electrons. The van der Waals surface area contributed by atoms with Crippen LogP contribution in [-0.2, 0) is 0 Å². The zero-order valence-electron chi connectivity index (χ0n) is 5.63. The van der Waals surface area contributed by atoms with Crippen LogP contribution < -0.4 is 5.43 Å². The summed E-state index contributed by atoms with van der Waals surface area (Å²) in [4.78, 5) is 21.1. The van der Waals surface area contributed by atoms with E-state index in [9.17, 15) is 9.59 Å². The van der Waals surface area contributed by atoms with Gasteiger partial charge in [-0.1, -0.05) is 0 Å². The van der Waals surface area contributed by atoms with Crippen molar-refractivity contribution in [2.45, 2.75) is 0 Å². The maximum absolute atomic E-state index is 10.8. The third kappa shape index (κ3) is 1.40. The molecule has 0 aliphatic rings. The first-order valence-corrected chi connectivity index (χ1v) is 3.18. The number of carboxylic acid groups (broad SMARTS) is 1. The van der Waals surface area contributed by atoms with Gasteiger partial charge in [0.1, 0.15) is 0 Å². The molecular formula is C5H4N2O4S. The molecule has 0 amide bonds. The monoisotopic (exact) mass is 188 g/mol. The van der Waals surface area contributed by atoms with Gasteiger partial charge in [0.25, 0.3) is 5.43 Å². The standard InChI is InChI=1S/C5H4N2O4S/c8-2-1-7(12)6-3(4(2)9)5(10)11/h1,8,12H,(H,10,11). The lowest BCUT2D eigenvalue weighted by Gasteiger charge is -1.97. The number of nitrogens with zero attached hydrogens (tertiary/aromatic N) is 2. The van der Waals surface area contributed by atoms with Gasteiger partial charge in [0.05, 0.1) is 6.20 Å². The molecule has 1 rings (SSSR count). The molecule has 0 saturated heterocycles. The predicted octanol–water partition coefficient (Wildman–Crippen LogP) is -0.660. The molecule has 12 heavy (non-hydrogen) atoms. The molecule has 0 aliphatic carbocycles. The molecule has 1 heterocycles. The van der Waals surface area contributed by atoms with E-state index in [4.69, 9.17) is 10.2 Å². The number of hydrogen-bond donors (Lipinski definition) is 3. The van der Waals surface area contributed by atoms with Crippen molar-refractivity contribution in [3.8, 4) is 5.75 Å². The summed E-state index contributed by atoms with van der Waals surface area (Å²) in [5.41, 5.74) is -1.78. The Labute approximate surface area is 71.6 Å². The van der Waals surface area contributed by atoms with Gasteiger partial charge in [0.2, 0.25) is 5.69 Å². The minimum atomic E-state index is -1.50. The Morgan fingerprint density at radius 1 is 1.67 bits per heavy atom. The highest BCUT2D eigenvalue weighted by molar-refractivity contribution is 7.78. The molecule has 0 radical (unpaired) electrons. The average Bonchev–Trinajstić information content (AvgIpc) is 1.96. The van der Waals surface area contributed by atoms with Crippen molar-refractivity contribution in [2.75, 3.05) is 0 Å². The Morgan fingerprint density at radius 3 is 2.75 bits per heavy atom. The molecular weight excluding hydrogens is 184 g/mol. The maximum atomic E-state index is 10.8. The van der Waals surface area contributed by atoms with Crippen molar-refractivity contribution < 1.29 is 15.0 Å². The minimum Gasteiger partial charge on any atom is -0.503 e. The van der Waals surface area contributed by atoms with Crippen molar-refractivity contribution >= 4 is 18.8 Å². The first-order valence-electron chi connectivity index (χ1n) is 2.78. The Kier molecular flexibility index (Phi) is 2.05. The molecule has 2 N–H and O–H groups in total. The van der Waals surface area contributed by atoms with Gasteiger partial charge in [-0.15, -0.1) is 0 Å². The Morgan fingerprint density at radius 2 is 2.25 bits per heavy atom. The van der Waals surface area contributed by atoms with Gasteiger partial charge >= 0.3 is 5.97 Å². The molecule has 1 aromatic rings. The van der Waals surface area contributed by atoms with Gasteiger partial charge in [-0.25, -0.2) is 8.88 Å². The lowest BCUT2D eigenvalue weighted by Crippen LogP contribution is -2.19. The van der Waals surface area contributed by atoms with E-state index in [1.807, 2.05) is 0 Å². The number of aromatic hydroxyl groups is 1. The third-order valence-electron chi connectivity index (χ3n) is 1.09. The van der Waals surface area contributed by atoms with E-state index in [-0.39, 0.29) is 0 Å². The molecule has 1 aromatic heterocycles. The van der Waals surface area contributed by atoms with E-state index in [0.717, 1.165) is 10.3 Å². The first-order chi connectivity index (χ1) is 5.52. The summed E-state index contributed by atoms with van der Waals surface area (Å²) in [6.45, 7) is 0. The third-order valence-corrected chi connectivity index (χ3v) is 1.30. The maximum Gasteiger partial charge on any atom is 0.360 e. The zero-order valence-corrected chi connectivity index (χ0v) is 6.52. The van der Waals surface area contributed by atoms with E-state index in [1.54, 1.807) is 0 Å². The van der Waals surface area contributed by atoms with Crippen LogP contribution in [0.3, 0.4) is 0 Å². The Balaban J connectivity index is 3.49. The van der Waals surface area contributed by atoms with Gasteiger partial charge < -0.3 is 10.2 Å². The molecule has 0 saturated carbocycles. The van der Waals surface area contributed by atoms with E-state index >= 15 is 0 Å². The lowest BCUT2D eigenvalue weighted by atomic mass is 10.3. The predicted molar refractivity (Wildman–Crippen MR) is 41.5 cm³/mol. The summed E-state index contributed by atoms with van der Waals surface area (Å²) in [6, 6.07) is 0. The number of carbonyl (C=O) groups is 1. The van der Waals surface area contributed by atoms with Crippen molar-refractivity contribution in [2.24, 2.45) is 0 Å². The number of rotatable bonds is 1. The summed E-state index contributed by atoms with van der Waals surface area (Å²) in [6.07, 6.45) is 0.901. The van der Waals surface area contributed by atoms with Crippen LogP contribution in [0, 0.1) is 0 Å². The van der Waals surface area contributed by atoms with Crippen LogP contribution in [-0.4, -0.2) is 25.4 Å². The van der Waals surface area contributed by atoms with E-state index in [2.05, 4.69) is 17.9 Å². The van der Waals surface area contributed by atoms with E-state index in [1.165, 1.54) is 0 Å². The number of aromatic nitrogens is 2. The highest BCUT2D eigenvalue weighted by atomic mass is 32.1. The van der Waals surface area contributed by atoms with Crippen LogP contribution in [0.1, 0.15) is 10.5 Å². The Bertz CT molecular complexity index is 386. The van der Waals surface area contributed by atoms with Crippen LogP contribution >= 0.6 is 12.8 Å². The molecule has 6 nitrogen and oxygen atoms in total. The first kappa shape index (κ1) is 8.60. The largest absolute Gasteiger partial charge is 0.503 e. The van der Waals surface area contributed by atoms with Crippen molar-refractivity contribution in [1.82, 2.24) is 9.19 Å². The molecule has 7 heteroatoms. The van der Waals surface area contributed by atoms with E-state index < -0.39 is 22.8 Å². The highest BCUT2D eigenvalue weighted by Crippen LogP contribution is 2.00. The summed E-state index contributed by atoms with van der Waals surface area (Å²) in [5.74, 6) is -2.20. The molecule has 0 aromatic carbocycles. The van der Waals surface area contributed by atoms with Crippen LogP contribution in [0.25, 0.3) is 0 Å². The van der Waals surface area contributed by atoms with Crippen LogP contribution in [0.15, 0.2) is 11.0 Å². The minimum absolute atomic E-state index is 0.697. The van der Waals surface area contributed by atoms with Crippen molar-refractivity contribution in [3.63, 3.8) is 0 Å². The molecule has 0 unspecified atom stereocenters. The molecule has 0 atom stereocenters. The summed E-state index contributed by atoms with van der Waals surface area (Å²) >= 11 is 3.61. The average molecular weight is 188 g/mol. The number of aromatic carboxylic acids is 1. The fourth-order valence-electron chi connectivity index (χ4n) is 0.606. The second-order valence-corrected chi connectivity index (χ2v) is 2.33. The van der Waals surface area contributed by atoms with Gasteiger partial charge in [0, 0.05) is 0 Å². The summed E-state index contributed by atoms with van der Waals surface area (Å²) in [5, 5.41) is 20.5. The normalized spacial score (nSPS) is 9.75. The number of hydrogen-bond acceptors (Lipinski definition) is 5. The van der Waals surface area contributed by atoms with Gasteiger partial charge in [-0.05, 0) is 12.8 Å². The van der Waals surface area contributed by atoms with Crippen LogP contribution in [0.4, 0.5) is 0 Å². The summed E-state index contributed by atoms with van der Waals surface area (Å²) < 4.78 is 0.750. The smallest absolute Gasteiger partial charge is 0.360 e. The summed E-state index contributed by atoms with van der Waals surface area (Å²) in [7, 11) is 0. The van der Waals surface area contributed by atoms with Gasteiger partial charge in [-0.2, -0.15) is 5.10 Å². The number of carboxylic acids is 1. The van der Waals surface area contributed by atoms with E-state index in [0.29, 0.717) is 0 Å². The van der Waals surface area contributed by atoms with Crippen LogP contribution in [0.5, 0.6) is 5.75 Å². The fourth-order valence-corrected chi connectivity index (χ4v) is 0.805. The topological polar surface area (TPSA) is 92.4 Å². The molecule has 0 bridgehead atoms. The van der Waals surface area contributed by atoms with Gasteiger partial charge in [-0.3, -0.25) is 4.79 Å². The molecule has 0 aliphatic heterocycles. The lowest BCUT2D eigenvalue weighted by molar-refractivity contribution is 0.0686. The van der Waals surface area contributed by atoms with Crippen molar-refractivity contribution in [1.29, 1.82) is 0 Å².